The van der Waals surface area contributed by atoms with Crippen LogP contribution >= 0.6 is 27.7 Å². The molecular weight excluding hydrogens is 422 g/mol. The molecule has 0 bridgehead atoms. The van der Waals surface area contributed by atoms with Crippen LogP contribution in [0.5, 0.6) is 5.75 Å². The molecule has 1 unspecified atom stereocenters. The van der Waals surface area contributed by atoms with Crippen molar-refractivity contribution in [2.24, 2.45) is 0 Å². The van der Waals surface area contributed by atoms with Crippen LogP contribution in [0.25, 0.3) is 6.08 Å². The number of ether oxygens (including phenoxy) is 2. The minimum Gasteiger partial charge on any atom is -0.490 e. The van der Waals surface area contributed by atoms with Gasteiger partial charge >= 0.3 is 5.97 Å². The first-order valence-corrected chi connectivity index (χ1v) is 9.83. The molecular formula is C18H20BrNO5S. The van der Waals surface area contributed by atoms with Crippen LogP contribution in [-0.2, 0) is 14.3 Å². The van der Waals surface area contributed by atoms with Gasteiger partial charge in [0.15, 0.2) is 0 Å². The standard InChI is InChI=1S/C18H20BrNO5S/c1-4-11(3)25-14-7-6-12(8-13(14)19)9-15-17(22)20(18(23)26-15)10-16(21)24-5-2/h6-9,11H,4-5,10H2,1-3H3. The van der Waals surface area contributed by atoms with Gasteiger partial charge in [0.05, 0.1) is 22.1 Å². The van der Waals surface area contributed by atoms with Gasteiger partial charge in [0, 0.05) is 0 Å². The summed E-state index contributed by atoms with van der Waals surface area (Å²) >= 11 is 4.26. The van der Waals surface area contributed by atoms with E-state index in [0.29, 0.717) is 5.75 Å². The summed E-state index contributed by atoms with van der Waals surface area (Å²) < 4.78 is 11.3. The van der Waals surface area contributed by atoms with E-state index in [1.807, 2.05) is 32.0 Å². The molecule has 2 amide bonds. The predicted molar refractivity (Wildman–Crippen MR) is 104 cm³/mol. The lowest BCUT2D eigenvalue weighted by atomic mass is 10.2. The van der Waals surface area contributed by atoms with Gasteiger partial charge in [-0.1, -0.05) is 13.0 Å². The third-order valence-electron chi connectivity index (χ3n) is 3.62. The lowest BCUT2D eigenvalue weighted by molar-refractivity contribution is -0.145. The van der Waals surface area contributed by atoms with E-state index in [-0.39, 0.29) is 24.2 Å². The number of nitrogens with zero attached hydrogens (tertiary/aromatic N) is 1. The Kier molecular flexibility index (Phi) is 7.28. The number of thioether (sulfide) groups is 1. The first kappa shape index (κ1) is 20.5. The van der Waals surface area contributed by atoms with E-state index in [2.05, 4.69) is 15.9 Å². The monoisotopic (exact) mass is 441 g/mol. The molecule has 0 aromatic heterocycles. The second kappa shape index (κ2) is 9.23. The van der Waals surface area contributed by atoms with Gasteiger partial charge in [0.1, 0.15) is 12.3 Å². The summed E-state index contributed by atoms with van der Waals surface area (Å²) in [6.45, 7) is 5.52. The van der Waals surface area contributed by atoms with E-state index in [9.17, 15) is 14.4 Å². The Hall–Kier alpha value is -1.80. The summed E-state index contributed by atoms with van der Waals surface area (Å²) in [4.78, 5) is 37.0. The average Bonchev–Trinajstić information content (AvgIpc) is 2.85. The molecule has 0 spiro atoms. The van der Waals surface area contributed by atoms with E-state index in [4.69, 9.17) is 9.47 Å². The third-order valence-corrected chi connectivity index (χ3v) is 5.15. The summed E-state index contributed by atoms with van der Waals surface area (Å²) in [5.41, 5.74) is 0.745. The van der Waals surface area contributed by atoms with Crippen LogP contribution in [-0.4, -0.2) is 41.3 Å². The highest BCUT2D eigenvalue weighted by atomic mass is 79.9. The molecule has 26 heavy (non-hydrogen) atoms. The fraction of sp³-hybridized carbons (Fsp3) is 0.389. The van der Waals surface area contributed by atoms with Crippen LogP contribution in [0.2, 0.25) is 0 Å². The highest BCUT2D eigenvalue weighted by molar-refractivity contribution is 9.10. The molecule has 1 heterocycles. The number of amides is 2. The maximum Gasteiger partial charge on any atom is 0.326 e. The number of imide groups is 1. The Labute approximate surface area is 165 Å². The minimum absolute atomic E-state index is 0.0940. The van der Waals surface area contributed by atoms with Crippen molar-refractivity contribution in [2.45, 2.75) is 33.3 Å². The van der Waals surface area contributed by atoms with E-state index >= 15 is 0 Å². The molecule has 1 atom stereocenters. The zero-order chi connectivity index (χ0) is 19.3. The summed E-state index contributed by atoms with van der Waals surface area (Å²) in [6.07, 6.45) is 2.60. The molecule has 1 aliphatic heterocycles. The van der Waals surface area contributed by atoms with Crippen molar-refractivity contribution in [3.8, 4) is 5.75 Å². The first-order chi connectivity index (χ1) is 12.3. The van der Waals surface area contributed by atoms with Crippen molar-refractivity contribution >= 4 is 50.9 Å². The van der Waals surface area contributed by atoms with Gasteiger partial charge in [-0.3, -0.25) is 19.3 Å². The summed E-state index contributed by atoms with van der Waals surface area (Å²) in [7, 11) is 0. The van der Waals surface area contributed by atoms with Crippen molar-refractivity contribution in [1.29, 1.82) is 0 Å². The molecule has 2 rings (SSSR count). The fourth-order valence-corrected chi connectivity index (χ4v) is 3.45. The Morgan fingerprint density at radius 2 is 2.08 bits per heavy atom. The Morgan fingerprint density at radius 1 is 1.35 bits per heavy atom. The van der Waals surface area contributed by atoms with Gasteiger partial charge in [-0.15, -0.1) is 0 Å². The summed E-state index contributed by atoms with van der Waals surface area (Å²) in [6, 6.07) is 5.43. The lowest BCUT2D eigenvalue weighted by Crippen LogP contribution is -2.34. The molecule has 0 aliphatic carbocycles. The number of esters is 1. The van der Waals surface area contributed by atoms with E-state index < -0.39 is 17.1 Å². The zero-order valence-corrected chi connectivity index (χ0v) is 17.2. The first-order valence-electron chi connectivity index (χ1n) is 8.22. The highest BCUT2D eigenvalue weighted by Gasteiger charge is 2.36. The Morgan fingerprint density at radius 3 is 2.69 bits per heavy atom. The molecule has 0 radical (unpaired) electrons. The molecule has 1 aliphatic rings. The van der Waals surface area contributed by atoms with Gasteiger partial charge in [0.2, 0.25) is 0 Å². The van der Waals surface area contributed by atoms with Gasteiger partial charge in [-0.2, -0.15) is 0 Å². The van der Waals surface area contributed by atoms with Crippen LogP contribution < -0.4 is 4.74 Å². The topological polar surface area (TPSA) is 72.9 Å². The molecule has 1 fully saturated rings. The molecule has 6 nitrogen and oxygen atoms in total. The Bertz CT molecular complexity index is 749. The van der Waals surface area contributed by atoms with Crippen molar-refractivity contribution in [3.05, 3.63) is 33.1 Å². The number of hydrogen-bond acceptors (Lipinski definition) is 6. The fourth-order valence-electron chi connectivity index (χ4n) is 2.13. The second-order valence-electron chi connectivity index (χ2n) is 5.60. The van der Waals surface area contributed by atoms with Crippen LogP contribution in [0.15, 0.2) is 27.6 Å². The maximum absolute atomic E-state index is 12.4. The largest absolute Gasteiger partial charge is 0.490 e. The number of carbonyl (C=O) groups is 3. The molecule has 0 saturated carbocycles. The van der Waals surface area contributed by atoms with Crippen LogP contribution in [0, 0.1) is 0 Å². The van der Waals surface area contributed by atoms with E-state index in [1.54, 1.807) is 13.0 Å². The quantitative estimate of drug-likeness (QED) is 0.465. The van der Waals surface area contributed by atoms with E-state index in [0.717, 1.165) is 33.1 Å². The number of hydrogen-bond donors (Lipinski definition) is 0. The SMILES string of the molecule is CCOC(=O)CN1C(=O)SC(=Cc2ccc(OC(C)CC)c(Br)c2)C1=O. The van der Waals surface area contributed by atoms with Crippen LogP contribution in [0.1, 0.15) is 32.8 Å². The summed E-state index contributed by atoms with van der Waals surface area (Å²) in [5, 5.41) is -0.481. The van der Waals surface area contributed by atoms with Gasteiger partial charge in [0.25, 0.3) is 11.1 Å². The summed E-state index contributed by atoms with van der Waals surface area (Å²) in [5.74, 6) is -0.388. The molecule has 1 saturated heterocycles. The molecule has 8 heteroatoms. The number of rotatable bonds is 7. The number of carbonyl (C=O) groups excluding carboxylic acids is 3. The van der Waals surface area contributed by atoms with Crippen molar-refractivity contribution in [3.63, 3.8) is 0 Å². The smallest absolute Gasteiger partial charge is 0.326 e. The third kappa shape index (κ3) is 5.11. The predicted octanol–water partition coefficient (Wildman–Crippen LogP) is 4.23. The van der Waals surface area contributed by atoms with Gasteiger partial charge < -0.3 is 9.47 Å². The van der Waals surface area contributed by atoms with Crippen LogP contribution in [0.4, 0.5) is 4.79 Å². The average molecular weight is 442 g/mol. The maximum atomic E-state index is 12.4. The van der Waals surface area contributed by atoms with Crippen LogP contribution in [0.3, 0.4) is 0 Å². The minimum atomic E-state index is -0.606. The molecule has 1 aromatic carbocycles. The zero-order valence-electron chi connectivity index (χ0n) is 14.8. The molecule has 1 aromatic rings. The highest BCUT2D eigenvalue weighted by Crippen LogP contribution is 2.34. The normalized spacial score (nSPS) is 16.9. The van der Waals surface area contributed by atoms with Gasteiger partial charge in [-0.25, -0.2) is 0 Å². The van der Waals surface area contributed by atoms with E-state index in [1.165, 1.54) is 0 Å². The number of halogens is 1. The van der Waals surface area contributed by atoms with Crippen molar-refractivity contribution in [1.82, 2.24) is 4.90 Å². The Balaban J connectivity index is 2.14. The lowest BCUT2D eigenvalue weighted by Gasteiger charge is -2.14. The second-order valence-corrected chi connectivity index (χ2v) is 7.45. The van der Waals surface area contributed by atoms with Crippen molar-refractivity contribution < 1.29 is 23.9 Å². The van der Waals surface area contributed by atoms with Gasteiger partial charge in [-0.05, 0) is 71.7 Å². The molecule has 140 valence electrons. The number of benzene rings is 1. The molecule has 0 N–H and O–H groups in total. The van der Waals surface area contributed by atoms with Crippen molar-refractivity contribution in [2.75, 3.05) is 13.2 Å².